The molecule has 0 radical (unpaired) electrons. The van der Waals surface area contributed by atoms with Crippen molar-refractivity contribution in [3.63, 3.8) is 0 Å². The van der Waals surface area contributed by atoms with Gasteiger partial charge in [-0.05, 0) is 43.9 Å². The summed E-state index contributed by atoms with van der Waals surface area (Å²) in [6.45, 7) is 1.94. The van der Waals surface area contributed by atoms with E-state index in [9.17, 15) is 12.8 Å². The summed E-state index contributed by atoms with van der Waals surface area (Å²) in [5.41, 5.74) is 4.95. The molecule has 1 saturated carbocycles. The Bertz CT molecular complexity index is 589. The van der Waals surface area contributed by atoms with E-state index in [1.54, 1.807) is 6.92 Å². The van der Waals surface area contributed by atoms with Crippen LogP contribution < -0.4 is 10.5 Å². The zero-order valence-corrected chi connectivity index (χ0v) is 12.1. The number of halogens is 2. The topological polar surface area (TPSA) is 72.2 Å². The van der Waals surface area contributed by atoms with E-state index in [1.807, 2.05) is 0 Å². The van der Waals surface area contributed by atoms with Crippen LogP contribution in [-0.2, 0) is 10.0 Å². The maximum atomic E-state index is 13.2. The van der Waals surface area contributed by atoms with Crippen molar-refractivity contribution in [2.24, 2.45) is 11.7 Å². The highest BCUT2D eigenvalue weighted by molar-refractivity contribution is 7.89. The number of nitrogens with one attached hydrogen (secondary N) is 1. The average molecular weight is 307 g/mol. The van der Waals surface area contributed by atoms with E-state index in [0.717, 1.165) is 25.0 Å². The zero-order valence-electron chi connectivity index (χ0n) is 10.5. The smallest absolute Gasteiger partial charge is 0.242 e. The maximum Gasteiger partial charge on any atom is 0.242 e. The van der Waals surface area contributed by atoms with Gasteiger partial charge in [0.1, 0.15) is 10.7 Å². The first-order valence-electron chi connectivity index (χ1n) is 5.97. The summed E-state index contributed by atoms with van der Waals surface area (Å²) < 4.78 is 40.3. The Labute approximate surface area is 117 Å². The lowest BCUT2D eigenvalue weighted by Gasteiger charge is -2.29. The van der Waals surface area contributed by atoms with Crippen molar-refractivity contribution in [2.75, 3.05) is 6.54 Å². The van der Waals surface area contributed by atoms with Crippen LogP contribution in [0.5, 0.6) is 0 Å². The van der Waals surface area contributed by atoms with Crippen LogP contribution in [0.25, 0.3) is 0 Å². The predicted molar refractivity (Wildman–Crippen MR) is 71.9 cm³/mol. The van der Waals surface area contributed by atoms with Gasteiger partial charge < -0.3 is 5.73 Å². The van der Waals surface area contributed by atoms with Crippen molar-refractivity contribution in [3.05, 3.63) is 29.0 Å². The molecule has 0 saturated heterocycles. The summed E-state index contributed by atoms with van der Waals surface area (Å²) in [6, 6.07) is 3.25. The van der Waals surface area contributed by atoms with Gasteiger partial charge in [0.25, 0.3) is 0 Å². The van der Waals surface area contributed by atoms with Crippen molar-refractivity contribution < 1.29 is 12.8 Å². The molecule has 1 aromatic rings. The second-order valence-electron chi connectivity index (χ2n) is 5.08. The molecule has 1 atom stereocenters. The van der Waals surface area contributed by atoms with E-state index in [0.29, 0.717) is 0 Å². The standard InChI is InChI=1S/C12H16ClFN2O2S/c1-12(7-15,8-2-3-8)16-19(17,18)11-6-9(14)4-5-10(11)13/h4-6,8,16H,2-3,7,15H2,1H3. The third kappa shape index (κ3) is 3.08. The summed E-state index contributed by atoms with van der Waals surface area (Å²) >= 11 is 5.83. The van der Waals surface area contributed by atoms with Gasteiger partial charge in [0, 0.05) is 12.1 Å². The highest BCUT2D eigenvalue weighted by atomic mass is 35.5. The lowest BCUT2D eigenvalue weighted by molar-refractivity contribution is 0.374. The second-order valence-corrected chi connectivity index (χ2v) is 7.13. The third-order valence-electron chi connectivity index (χ3n) is 3.45. The highest BCUT2D eigenvalue weighted by Crippen LogP contribution is 2.40. The van der Waals surface area contributed by atoms with Gasteiger partial charge in [-0.1, -0.05) is 11.6 Å². The molecule has 0 aromatic heterocycles. The molecule has 0 bridgehead atoms. The fourth-order valence-electron chi connectivity index (χ4n) is 2.06. The first-order valence-corrected chi connectivity index (χ1v) is 7.84. The van der Waals surface area contributed by atoms with Crippen molar-refractivity contribution in [3.8, 4) is 0 Å². The molecule has 1 unspecified atom stereocenters. The summed E-state index contributed by atoms with van der Waals surface area (Å²) in [5.74, 6) is -0.426. The molecule has 0 aliphatic heterocycles. The minimum Gasteiger partial charge on any atom is -0.329 e. The zero-order chi connectivity index (χ0) is 14.3. The SMILES string of the molecule is CC(CN)(NS(=O)(=O)c1cc(F)ccc1Cl)C1CC1. The maximum absolute atomic E-state index is 13.2. The molecule has 3 N–H and O–H groups in total. The lowest BCUT2D eigenvalue weighted by atomic mass is 9.98. The van der Waals surface area contributed by atoms with Crippen LogP contribution in [0.15, 0.2) is 23.1 Å². The Morgan fingerprint density at radius 1 is 1.53 bits per heavy atom. The number of hydrogen-bond acceptors (Lipinski definition) is 3. The predicted octanol–water partition coefficient (Wildman–Crippen LogP) is 1.88. The summed E-state index contributed by atoms with van der Waals surface area (Å²) in [4.78, 5) is -0.255. The number of sulfonamides is 1. The molecular weight excluding hydrogens is 291 g/mol. The van der Waals surface area contributed by atoms with E-state index in [1.165, 1.54) is 6.07 Å². The molecule has 4 nitrogen and oxygen atoms in total. The highest BCUT2D eigenvalue weighted by Gasteiger charge is 2.43. The van der Waals surface area contributed by atoms with Crippen LogP contribution in [0, 0.1) is 11.7 Å². The molecule has 0 spiro atoms. The third-order valence-corrected chi connectivity index (χ3v) is 5.55. The van der Waals surface area contributed by atoms with Crippen molar-refractivity contribution in [2.45, 2.75) is 30.2 Å². The fourth-order valence-corrected chi connectivity index (χ4v) is 4.05. The Morgan fingerprint density at radius 3 is 2.68 bits per heavy atom. The summed E-state index contributed by atoms with van der Waals surface area (Å²) in [5, 5.41) is -0.0101. The van der Waals surface area contributed by atoms with E-state index >= 15 is 0 Å². The van der Waals surface area contributed by atoms with Gasteiger partial charge in [-0.25, -0.2) is 17.5 Å². The van der Waals surface area contributed by atoms with Crippen LogP contribution in [0.4, 0.5) is 4.39 Å². The van der Waals surface area contributed by atoms with Crippen LogP contribution in [-0.4, -0.2) is 20.5 Å². The molecule has 19 heavy (non-hydrogen) atoms. The van der Waals surface area contributed by atoms with Gasteiger partial charge in [-0.15, -0.1) is 0 Å². The van der Waals surface area contributed by atoms with Crippen LogP contribution in [0.2, 0.25) is 5.02 Å². The van der Waals surface area contributed by atoms with Gasteiger partial charge in [0.15, 0.2) is 0 Å². The molecule has 1 fully saturated rings. The molecule has 7 heteroatoms. The minimum atomic E-state index is -3.89. The normalized spacial score (nSPS) is 19.2. The Balaban J connectivity index is 2.34. The largest absolute Gasteiger partial charge is 0.329 e. The number of benzene rings is 1. The molecule has 106 valence electrons. The van der Waals surface area contributed by atoms with E-state index in [-0.39, 0.29) is 22.4 Å². The van der Waals surface area contributed by atoms with Crippen LogP contribution >= 0.6 is 11.6 Å². The monoisotopic (exact) mass is 306 g/mol. The fraction of sp³-hybridized carbons (Fsp3) is 0.500. The van der Waals surface area contributed by atoms with E-state index < -0.39 is 21.4 Å². The minimum absolute atomic E-state index is 0.0101. The molecule has 0 heterocycles. The first kappa shape index (κ1) is 14.7. The average Bonchev–Trinajstić information content (AvgIpc) is 3.15. The van der Waals surface area contributed by atoms with Gasteiger partial charge in [0.05, 0.1) is 5.02 Å². The molecule has 1 aliphatic rings. The number of rotatable bonds is 5. The van der Waals surface area contributed by atoms with Crippen LogP contribution in [0.3, 0.4) is 0 Å². The Hall–Kier alpha value is -0.690. The number of hydrogen-bond donors (Lipinski definition) is 2. The molecule has 0 amide bonds. The molecule has 2 rings (SSSR count). The quantitative estimate of drug-likeness (QED) is 0.872. The Kier molecular flexibility index (Phi) is 3.88. The second kappa shape index (κ2) is 5.01. The van der Waals surface area contributed by atoms with E-state index in [4.69, 9.17) is 17.3 Å². The van der Waals surface area contributed by atoms with Crippen molar-refractivity contribution in [1.82, 2.24) is 4.72 Å². The van der Waals surface area contributed by atoms with Crippen LogP contribution in [0.1, 0.15) is 19.8 Å². The molecular formula is C12H16ClFN2O2S. The number of nitrogens with two attached hydrogens (primary N) is 1. The van der Waals surface area contributed by atoms with E-state index in [2.05, 4.69) is 4.72 Å². The summed E-state index contributed by atoms with van der Waals surface area (Å²) in [6.07, 6.45) is 1.88. The van der Waals surface area contributed by atoms with Gasteiger partial charge in [0.2, 0.25) is 10.0 Å². The van der Waals surface area contributed by atoms with Gasteiger partial charge in [-0.3, -0.25) is 0 Å². The molecule has 1 aromatic carbocycles. The summed E-state index contributed by atoms with van der Waals surface area (Å²) in [7, 11) is -3.89. The lowest BCUT2D eigenvalue weighted by Crippen LogP contribution is -2.53. The first-order chi connectivity index (χ1) is 8.78. The molecule has 1 aliphatic carbocycles. The Morgan fingerprint density at radius 2 is 2.16 bits per heavy atom. The van der Waals surface area contributed by atoms with Gasteiger partial charge >= 0.3 is 0 Å². The van der Waals surface area contributed by atoms with Crippen molar-refractivity contribution in [1.29, 1.82) is 0 Å². The van der Waals surface area contributed by atoms with Gasteiger partial charge in [-0.2, -0.15) is 0 Å². The van der Waals surface area contributed by atoms with Crippen molar-refractivity contribution >= 4 is 21.6 Å².